The Labute approximate surface area is 122 Å². The first-order valence-corrected chi connectivity index (χ1v) is 7.54. The van der Waals surface area contributed by atoms with E-state index < -0.39 is 10.0 Å². The number of nitrogens with two attached hydrogens (primary N) is 1. The fraction of sp³-hybridized carbons (Fsp3) is 0.0833. The number of sulfonamides is 1. The smallest absolute Gasteiger partial charge is 0.241 e. The summed E-state index contributed by atoms with van der Waals surface area (Å²) < 4.78 is 26.7. The number of halogens is 1. The van der Waals surface area contributed by atoms with Gasteiger partial charge in [-0.2, -0.15) is 0 Å². The Balaban J connectivity index is 2.12. The zero-order valence-corrected chi connectivity index (χ0v) is 11.9. The van der Waals surface area contributed by atoms with E-state index in [1.807, 2.05) is 0 Å². The number of nitrogens with one attached hydrogen (secondary N) is 2. The van der Waals surface area contributed by atoms with Gasteiger partial charge in [-0.15, -0.1) is 0 Å². The molecule has 0 aliphatic carbocycles. The maximum absolute atomic E-state index is 12.1. The SMILES string of the molecule is NNc1cc(S(=O)(=O)NCc2ccc(Cl)cc2)ccn1. The van der Waals surface area contributed by atoms with Crippen LogP contribution in [-0.2, 0) is 16.6 Å². The first kappa shape index (κ1) is 14.7. The van der Waals surface area contributed by atoms with Crippen molar-refractivity contribution in [2.24, 2.45) is 5.84 Å². The number of pyridine rings is 1. The summed E-state index contributed by atoms with van der Waals surface area (Å²) in [5.41, 5.74) is 3.11. The summed E-state index contributed by atoms with van der Waals surface area (Å²) in [5.74, 6) is 5.48. The molecule has 0 saturated heterocycles. The number of nitrogens with zero attached hydrogens (tertiary/aromatic N) is 1. The molecule has 0 aliphatic rings. The van der Waals surface area contributed by atoms with Crippen LogP contribution < -0.4 is 16.0 Å². The minimum absolute atomic E-state index is 0.0920. The fourth-order valence-electron chi connectivity index (χ4n) is 1.52. The summed E-state index contributed by atoms with van der Waals surface area (Å²) in [6.07, 6.45) is 1.37. The molecule has 2 aromatic rings. The number of hydrogen-bond acceptors (Lipinski definition) is 5. The second kappa shape index (κ2) is 6.19. The Morgan fingerprint density at radius 3 is 2.55 bits per heavy atom. The average Bonchev–Trinajstić information content (AvgIpc) is 2.47. The largest absolute Gasteiger partial charge is 0.308 e. The normalized spacial score (nSPS) is 11.3. The summed E-state index contributed by atoms with van der Waals surface area (Å²) >= 11 is 5.77. The molecule has 0 unspecified atom stereocenters. The molecule has 1 aromatic carbocycles. The van der Waals surface area contributed by atoms with E-state index in [1.54, 1.807) is 24.3 Å². The highest BCUT2D eigenvalue weighted by atomic mass is 35.5. The molecule has 0 bridgehead atoms. The van der Waals surface area contributed by atoms with Crippen molar-refractivity contribution >= 4 is 27.4 Å². The van der Waals surface area contributed by atoms with Crippen LogP contribution in [-0.4, -0.2) is 13.4 Å². The van der Waals surface area contributed by atoms with Crippen molar-refractivity contribution in [3.05, 3.63) is 53.2 Å². The zero-order chi connectivity index (χ0) is 14.6. The topological polar surface area (TPSA) is 97.1 Å². The molecule has 0 radical (unpaired) electrons. The molecule has 1 heterocycles. The molecule has 0 aliphatic heterocycles. The quantitative estimate of drug-likeness (QED) is 0.574. The fourth-order valence-corrected chi connectivity index (χ4v) is 2.68. The van der Waals surface area contributed by atoms with Crippen LogP contribution >= 0.6 is 11.6 Å². The zero-order valence-electron chi connectivity index (χ0n) is 10.4. The van der Waals surface area contributed by atoms with Crippen molar-refractivity contribution < 1.29 is 8.42 Å². The van der Waals surface area contributed by atoms with Crippen LogP contribution in [0.2, 0.25) is 5.02 Å². The van der Waals surface area contributed by atoms with E-state index in [0.29, 0.717) is 5.02 Å². The highest BCUT2D eigenvalue weighted by Gasteiger charge is 2.14. The molecular weight excluding hydrogens is 300 g/mol. The van der Waals surface area contributed by atoms with Gasteiger partial charge in [-0.1, -0.05) is 23.7 Å². The maximum Gasteiger partial charge on any atom is 0.241 e. The minimum Gasteiger partial charge on any atom is -0.308 e. The van der Waals surface area contributed by atoms with Crippen molar-refractivity contribution in [3.8, 4) is 0 Å². The van der Waals surface area contributed by atoms with Crippen LogP contribution in [0, 0.1) is 0 Å². The molecule has 0 fully saturated rings. The monoisotopic (exact) mass is 312 g/mol. The van der Waals surface area contributed by atoms with Crippen molar-refractivity contribution in [3.63, 3.8) is 0 Å². The van der Waals surface area contributed by atoms with Gasteiger partial charge in [0.2, 0.25) is 10.0 Å². The third-order valence-electron chi connectivity index (χ3n) is 2.57. The highest BCUT2D eigenvalue weighted by molar-refractivity contribution is 7.89. The number of hydrogen-bond donors (Lipinski definition) is 3. The van der Waals surface area contributed by atoms with Crippen molar-refractivity contribution in [1.29, 1.82) is 0 Å². The highest BCUT2D eigenvalue weighted by Crippen LogP contribution is 2.13. The number of aromatic nitrogens is 1. The van der Waals surface area contributed by atoms with E-state index in [0.717, 1.165) is 5.56 Å². The van der Waals surface area contributed by atoms with Gasteiger partial charge in [0.05, 0.1) is 4.90 Å². The molecule has 0 saturated carbocycles. The van der Waals surface area contributed by atoms with Gasteiger partial charge in [-0.25, -0.2) is 24.0 Å². The van der Waals surface area contributed by atoms with E-state index in [-0.39, 0.29) is 17.3 Å². The van der Waals surface area contributed by atoms with Gasteiger partial charge in [0.25, 0.3) is 0 Å². The van der Waals surface area contributed by atoms with Crippen LogP contribution in [0.1, 0.15) is 5.56 Å². The third kappa shape index (κ3) is 3.67. The lowest BCUT2D eigenvalue weighted by atomic mass is 10.2. The van der Waals surface area contributed by atoms with Crippen molar-refractivity contribution in [2.75, 3.05) is 5.43 Å². The number of rotatable bonds is 5. The first-order valence-electron chi connectivity index (χ1n) is 5.68. The molecule has 2 rings (SSSR count). The predicted molar refractivity (Wildman–Crippen MR) is 77.5 cm³/mol. The second-order valence-electron chi connectivity index (χ2n) is 3.97. The van der Waals surface area contributed by atoms with Crippen LogP contribution in [0.15, 0.2) is 47.5 Å². The maximum atomic E-state index is 12.1. The molecule has 0 spiro atoms. The number of anilines is 1. The van der Waals surface area contributed by atoms with Gasteiger partial charge >= 0.3 is 0 Å². The molecule has 4 N–H and O–H groups in total. The van der Waals surface area contributed by atoms with Crippen LogP contribution in [0.5, 0.6) is 0 Å². The molecule has 20 heavy (non-hydrogen) atoms. The van der Waals surface area contributed by atoms with Gasteiger partial charge < -0.3 is 5.43 Å². The van der Waals surface area contributed by atoms with E-state index >= 15 is 0 Å². The summed E-state index contributed by atoms with van der Waals surface area (Å²) in [4.78, 5) is 3.95. The molecular formula is C12H13ClN4O2S. The molecule has 106 valence electrons. The Kier molecular flexibility index (Phi) is 4.56. The standard InChI is InChI=1S/C12H13ClN4O2S/c13-10-3-1-9(2-4-10)8-16-20(18,19)11-5-6-15-12(7-11)17-14/h1-7,16H,8,14H2,(H,15,17). The van der Waals surface area contributed by atoms with Crippen LogP contribution in [0.4, 0.5) is 5.82 Å². The molecule has 1 aromatic heterocycles. The molecule has 8 heteroatoms. The van der Waals surface area contributed by atoms with E-state index in [9.17, 15) is 8.42 Å². The minimum atomic E-state index is -3.62. The first-order chi connectivity index (χ1) is 9.51. The summed E-state index contributed by atoms with van der Waals surface area (Å²) in [6, 6.07) is 9.66. The van der Waals surface area contributed by atoms with Gasteiger partial charge in [0, 0.05) is 23.8 Å². The summed E-state index contributed by atoms with van der Waals surface area (Å²) in [7, 11) is -3.62. The average molecular weight is 313 g/mol. The molecule has 0 amide bonds. The van der Waals surface area contributed by atoms with Crippen LogP contribution in [0.3, 0.4) is 0 Å². The summed E-state index contributed by atoms with van der Waals surface area (Å²) in [6.45, 7) is 0.174. The number of nitrogen functional groups attached to an aromatic ring is 1. The van der Waals surface area contributed by atoms with E-state index in [2.05, 4.69) is 15.1 Å². The second-order valence-corrected chi connectivity index (χ2v) is 6.18. The van der Waals surface area contributed by atoms with Gasteiger partial charge in [-0.05, 0) is 23.8 Å². The van der Waals surface area contributed by atoms with Crippen molar-refractivity contribution in [1.82, 2.24) is 9.71 Å². The van der Waals surface area contributed by atoms with Gasteiger partial charge in [0.1, 0.15) is 5.82 Å². The van der Waals surface area contributed by atoms with Crippen LogP contribution in [0.25, 0.3) is 0 Å². The van der Waals surface area contributed by atoms with Crippen molar-refractivity contribution in [2.45, 2.75) is 11.4 Å². The van der Waals surface area contributed by atoms with E-state index in [1.165, 1.54) is 18.3 Å². The Morgan fingerprint density at radius 2 is 1.90 bits per heavy atom. The third-order valence-corrected chi connectivity index (χ3v) is 4.22. The lowest BCUT2D eigenvalue weighted by Gasteiger charge is -2.08. The predicted octanol–water partition coefficient (Wildman–Crippen LogP) is 1.50. The Hall–Kier alpha value is -1.67. The summed E-state index contributed by atoms with van der Waals surface area (Å²) in [5, 5.41) is 0.601. The number of hydrazine groups is 1. The Morgan fingerprint density at radius 1 is 1.20 bits per heavy atom. The number of benzene rings is 1. The lowest BCUT2D eigenvalue weighted by molar-refractivity contribution is 0.581. The van der Waals surface area contributed by atoms with Gasteiger partial charge in [-0.3, -0.25) is 0 Å². The lowest BCUT2D eigenvalue weighted by Crippen LogP contribution is -2.23. The molecule has 6 nitrogen and oxygen atoms in total. The van der Waals surface area contributed by atoms with E-state index in [4.69, 9.17) is 17.4 Å². The Bertz CT molecular complexity index is 689. The molecule has 0 atom stereocenters. The van der Waals surface area contributed by atoms with Gasteiger partial charge in [0.15, 0.2) is 0 Å².